The van der Waals surface area contributed by atoms with E-state index in [9.17, 15) is 9.59 Å². The third-order valence-corrected chi connectivity index (χ3v) is 3.87. The Morgan fingerprint density at radius 1 is 1.29 bits per heavy atom. The van der Waals surface area contributed by atoms with Gasteiger partial charge in [0.2, 0.25) is 17.7 Å². The van der Waals surface area contributed by atoms with Gasteiger partial charge in [-0.15, -0.1) is 0 Å². The SMILES string of the molecule is CCOc1ncccc1NC(=O)C1CC(=O)N(c2ccccc2)C1. The van der Waals surface area contributed by atoms with Crippen LogP contribution in [0, 0.1) is 5.92 Å². The number of para-hydroxylation sites is 1. The third kappa shape index (κ3) is 3.37. The van der Waals surface area contributed by atoms with Gasteiger partial charge in [0.1, 0.15) is 5.69 Å². The highest BCUT2D eigenvalue weighted by atomic mass is 16.5. The molecule has 2 amide bonds. The zero-order valence-corrected chi connectivity index (χ0v) is 13.4. The van der Waals surface area contributed by atoms with E-state index < -0.39 is 5.92 Å². The number of anilines is 2. The summed E-state index contributed by atoms with van der Waals surface area (Å²) in [6.07, 6.45) is 1.81. The van der Waals surface area contributed by atoms with Gasteiger partial charge in [-0.2, -0.15) is 0 Å². The van der Waals surface area contributed by atoms with Crippen molar-refractivity contribution < 1.29 is 14.3 Å². The molecule has 0 spiro atoms. The molecule has 1 fully saturated rings. The molecule has 124 valence electrons. The van der Waals surface area contributed by atoms with Crippen LogP contribution in [-0.4, -0.2) is 29.9 Å². The van der Waals surface area contributed by atoms with E-state index in [0.29, 0.717) is 24.7 Å². The van der Waals surface area contributed by atoms with E-state index in [0.717, 1.165) is 5.69 Å². The van der Waals surface area contributed by atoms with Gasteiger partial charge in [0.25, 0.3) is 0 Å². The van der Waals surface area contributed by atoms with Crippen molar-refractivity contribution in [2.75, 3.05) is 23.4 Å². The molecule has 0 radical (unpaired) electrons. The molecule has 2 heterocycles. The van der Waals surface area contributed by atoms with E-state index in [1.807, 2.05) is 37.3 Å². The molecule has 1 N–H and O–H groups in total. The summed E-state index contributed by atoms with van der Waals surface area (Å²) in [4.78, 5) is 30.5. The molecule has 1 aliphatic heterocycles. The van der Waals surface area contributed by atoms with Crippen LogP contribution in [-0.2, 0) is 9.59 Å². The lowest BCUT2D eigenvalue weighted by atomic mass is 10.1. The number of benzene rings is 1. The van der Waals surface area contributed by atoms with Crippen LogP contribution in [0.3, 0.4) is 0 Å². The average Bonchev–Trinajstić information content (AvgIpc) is 3.00. The van der Waals surface area contributed by atoms with Crippen LogP contribution in [0.5, 0.6) is 5.88 Å². The molecule has 0 aliphatic carbocycles. The van der Waals surface area contributed by atoms with Gasteiger partial charge in [-0.1, -0.05) is 18.2 Å². The number of aromatic nitrogens is 1. The molecule has 1 saturated heterocycles. The van der Waals surface area contributed by atoms with Gasteiger partial charge in [-0.05, 0) is 31.2 Å². The number of pyridine rings is 1. The standard InChI is InChI=1S/C18H19N3O3/c1-2-24-18-15(9-6-10-19-18)20-17(23)13-11-16(22)21(12-13)14-7-4-3-5-8-14/h3-10,13H,2,11-12H2,1H3,(H,20,23). The Hall–Kier alpha value is -2.89. The number of carbonyl (C=O) groups excluding carboxylic acids is 2. The highest BCUT2D eigenvalue weighted by Gasteiger charge is 2.35. The first-order chi connectivity index (χ1) is 11.7. The number of nitrogens with one attached hydrogen (secondary N) is 1. The maximum Gasteiger partial charge on any atom is 0.237 e. The van der Waals surface area contributed by atoms with Gasteiger partial charge < -0.3 is 15.0 Å². The van der Waals surface area contributed by atoms with Gasteiger partial charge >= 0.3 is 0 Å². The summed E-state index contributed by atoms with van der Waals surface area (Å²) in [5.41, 5.74) is 1.34. The summed E-state index contributed by atoms with van der Waals surface area (Å²) in [7, 11) is 0. The fourth-order valence-electron chi connectivity index (χ4n) is 2.71. The van der Waals surface area contributed by atoms with Crippen molar-refractivity contribution in [2.24, 2.45) is 5.92 Å². The molecule has 0 bridgehead atoms. The molecule has 3 rings (SSSR count). The van der Waals surface area contributed by atoms with Crippen molar-refractivity contribution in [1.29, 1.82) is 0 Å². The van der Waals surface area contributed by atoms with Crippen LogP contribution in [0.1, 0.15) is 13.3 Å². The zero-order chi connectivity index (χ0) is 16.9. The van der Waals surface area contributed by atoms with Crippen LogP contribution in [0.2, 0.25) is 0 Å². The van der Waals surface area contributed by atoms with E-state index >= 15 is 0 Å². The maximum atomic E-state index is 12.5. The van der Waals surface area contributed by atoms with Crippen molar-refractivity contribution in [3.63, 3.8) is 0 Å². The predicted molar refractivity (Wildman–Crippen MR) is 90.9 cm³/mol. The van der Waals surface area contributed by atoms with Crippen molar-refractivity contribution in [2.45, 2.75) is 13.3 Å². The molecule has 6 heteroatoms. The van der Waals surface area contributed by atoms with Gasteiger partial charge in [-0.3, -0.25) is 9.59 Å². The quantitative estimate of drug-likeness (QED) is 0.917. The molecule has 6 nitrogen and oxygen atoms in total. The van der Waals surface area contributed by atoms with Crippen LogP contribution in [0.25, 0.3) is 0 Å². The van der Waals surface area contributed by atoms with Gasteiger partial charge in [0, 0.05) is 24.8 Å². The highest BCUT2D eigenvalue weighted by Crippen LogP contribution is 2.27. The molecule has 1 atom stereocenters. The van der Waals surface area contributed by atoms with Crippen LogP contribution in [0.15, 0.2) is 48.7 Å². The smallest absolute Gasteiger partial charge is 0.237 e. The average molecular weight is 325 g/mol. The number of amides is 2. The zero-order valence-electron chi connectivity index (χ0n) is 13.4. The number of rotatable bonds is 5. The first-order valence-corrected chi connectivity index (χ1v) is 7.93. The Bertz CT molecular complexity index is 733. The van der Waals surface area contributed by atoms with E-state index in [-0.39, 0.29) is 18.2 Å². The number of hydrogen-bond acceptors (Lipinski definition) is 4. The summed E-state index contributed by atoms with van der Waals surface area (Å²) in [6, 6.07) is 12.8. The Kier molecular flexibility index (Phi) is 4.74. The fraction of sp³-hybridized carbons (Fsp3) is 0.278. The van der Waals surface area contributed by atoms with Crippen LogP contribution < -0.4 is 15.0 Å². The van der Waals surface area contributed by atoms with E-state index in [1.54, 1.807) is 23.2 Å². The third-order valence-electron chi connectivity index (χ3n) is 3.87. The molecule has 2 aromatic rings. The highest BCUT2D eigenvalue weighted by molar-refractivity contribution is 6.03. The molecule has 1 aliphatic rings. The first-order valence-electron chi connectivity index (χ1n) is 7.93. The second-order valence-corrected chi connectivity index (χ2v) is 5.52. The number of ether oxygens (including phenoxy) is 1. The van der Waals surface area contributed by atoms with Crippen molar-refractivity contribution in [3.05, 3.63) is 48.7 Å². The predicted octanol–water partition coefficient (Wildman–Crippen LogP) is 2.47. The molecular formula is C18H19N3O3. The Balaban J connectivity index is 1.70. The molecule has 0 saturated carbocycles. The summed E-state index contributed by atoms with van der Waals surface area (Å²) < 4.78 is 5.41. The molecule has 1 unspecified atom stereocenters. The van der Waals surface area contributed by atoms with Crippen molar-refractivity contribution >= 4 is 23.2 Å². The second kappa shape index (κ2) is 7.12. The van der Waals surface area contributed by atoms with E-state index in [4.69, 9.17) is 4.74 Å². The topological polar surface area (TPSA) is 71.5 Å². The number of hydrogen-bond donors (Lipinski definition) is 1. The Morgan fingerprint density at radius 3 is 2.83 bits per heavy atom. The normalized spacial score (nSPS) is 17.0. The Labute approximate surface area is 140 Å². The maximum absolute atomic E-state index is 12.5. The van der Waals surface area contributed by atoms with Crippen LogP contribution >= 0.6 is 0 Å². The lowest BCUT2D eigenvalue weighted by molar-refractivity contribution is -0.122. The summed E-state index contributed by atoms with van der Waals surface area (Å²) in [5, 5.41) is 2.82. The fourth-order valence-corrected chi connectivity index (χ4v) is 2.71. The minimum Gasteiger partial charge on any atom is -0.476 e. The van der Waals surface area contributed by atoms with Crippen molar-refractivity contribution in [1.82, 2.24) is 4.98 Å². The minimum atomic E-state index is -0.396. The van der Waals surface area contributed by atoms with Crippen molar-refractivity contribution in [3.8, 4) is 5.88 Å². The largest absolute Gasteiger partial charge is 0.476 e. The van der Waals surface area contributed by atoms with E-state index in [2.05, 4.69) is 10.3 Å². The van der Waals surface area contributed by atoms with Gasteiger partial charge in [0.05, 0.1) is 12.5 Å². The number of nitrogens with zero attached hydrogens (tertiary/aromatic N) is 2. The first kappa shape index (κ1) is 16.0. The van der Waals surface area contributed by atoms with E-state index in [1.165, 1.54) is 0 Å². The lowest BCUT2D eigenvalue weighted by Crippen LogP contribution is -2.28. The molecule has 24 heavy (non-hydrogen) atoms. The Morgan fingerprint density at radius 2 is 2.08 bits per heavy atom. The molecule has 1 aromatic carbocycles. The molecular weight excluding hydrogens is 306 g/mol. The summed E-state index contributed by atoms with van der Waals surface area (Å²) >= 11 is 0. The summed E-state index contributed by atoms with van der Waals surface area (Å²) in [5.74, 6) is -0.252. The van der Waals surface area contributed by atoms with Gasteiger partial charge in [-0.25, -0.2) is 4.98 Å². The number of carbonyl (C=O) groups is 2. The monoisotopic (exact) mass is 325 g/mol. The summed E-state index contributed by atoms with van der Waals surface area (Å²) in [6.45, 7) is 2.69. The minimum absolute atomic E-state index is 0.0439. The lowest BCUT2D eigenvalue weighted by Gasteiger charge is -2.17. The van der Waals surface area contributed by atoms with Crippen LogP contribution in [0.4, 0.5) is 11.4 Å². The van der Waals surface area contributed by atoms with Gasteiger partial charge in [0.15, 0.2) is 0 Å². The molecule has 1 aromatic heterocycles. The second-order valence-electron chi connectivity index (χ2n) is 5.52.